The zero-order valence-electron chi connectivity index (χ0n) is 15.7. The van der Waals surface area contributed by atoms with Crippen LogP contribution in [0.2, 0.25) is 0 Å². The van der Waals surface area contributed by atoms with Crippen molar-refractivity contribution in [2.75, 3.05) is 25.5 Å². The fraction of sp³-hybridized carbons (Fsp3) is 0.238. The molecular weight excluding hydrogens is 366 g/mol. The molecule has 1 aliphatic rings. The molecule has 1 heterocycles. The van der Waals surface area contributed by atoms with Gasteiger partial charge in [0.2, 0.25) is 0 Å². The molecule has 0 radical (unpaired) electrons. The van der Waals surface area contributed by atoms with Crippen LogP contribution >= 0.6 is 0 Å². The number of nitrogens with zero attached hydrogens (tertiary/aromatic N) is 1. The molecular formula is C21H22F2N2O3. The van der Waals surface area contributed by atoms with E-state index in [1.54, 1.807) is 12.1 Å². The van der Waals surface area contributed by atoms with Crippen LogP contribution in [-0.2, 0) is 4.79 Å². The fourth-order valence-corrected chi connectivity index (χ4v) is 2.99. The van der Waals surface area contributed by atoms with Gasteiger partial charge >= 0.3 is 0 Å². The van der Waals surface area contributed by atoms with E-state index >= 15 is 0 Å². The van der Waals surface area contributed by atoms with E-state index in [-0.39, 0.29) is 6.47 Å². The van der Waals surface area contributed by atoms with Crippen molar-refractivity contribution in [3.8, 4) is 0 Å². The van der Waals surface area contributed by atoms with Gasteiger partial charge in [0, 0.05) is 18.8 Å². The van der Waals surface area contributed by atoms with Gasteiger partial charge in [-0.2, -0.15) is 0 Å². The van der Waals surface area contributed by atoms with Crippen molar-refractivity contribution in [2.24, 2.45) is 0 Å². The van der Waals surface area contributed by atoms with Crippen molar-refractivity contribution in [3.63, 3.8) is 0 Å². The van der Waals surface area contributed by atoms with Crippen molar-refractivity contribution < 1.29 is 23.5 Å². The number of carbonyl (C=O) groups is 2. The van der Waals surface area contributed by atoms with E-state index in [2.05, 4.69) is 24.2 Å². The number of likely N-dealkylation sites (N-methyl/N-ethyl adjacent to an activating group) is 1. The second-order valence-corrected chi connectivity index (χ2v) is 6.48. The van der Waals surface area contributed by atoms with Crippen LogP contribution in [0.25, 0.3) is 5.57 Å². The van der Waals surface area contributed by atoms with Crippen molar-refractivity contribution >= 4 is 23.6 Å². The third kappa shape index (κ3) is 5.23. The Kier molecular flexibility index (Phi) is 7.40. The first-order chi connectivity index (χ1) is 13.4. The summed E-state index contributed by atoms with van der Waals surface area (Å²) in [6, 6.07) is 10.7. The lowest BCUT2D eigenvalue weighted by Gasteiger charge is -2.26. The summed E-state index contributed by atoms with van der Waals surface area (Å²) in [4.78, 5) is 22.8. The maximum absolute atomic E-state index is 13.7. The van der Waals surface area contributed by atoms with Crippen molar-refractivity contribution in [3.05, 3.63) is 70.8 Å². The minimum atomic E-state index is -0.875. The number of amides is 1. The van der Waals surface area contributed by atoms with Crippen LogP contribution < -0.4 is 5.32 Å². The highest BCUT2D eigenvalue weighted by Crippen LogP contribution is 2.27. The van der Waals surface area contributed by atoms with Gasteiger partial charge in [-0.25, -0.2) is 8.78 Å². The van der Waals surface area contributed by atoms with E-state index in [0.717, 1.165) is 37.2 Å². The van der Waals surface area contributed by atoms with Gasteiger partial charge in [-0.15, -0.1) is 0 Å². The van der Waals surface area contributed by atoms with Crippen LogP contribution in [0.1, 0.15) is 29.3 Å². The van der Waals surface area contributed by atoms with Crippen LogP contribution in [0.4, 0.5) is 14.5 Å². The molecule has 0 unspecified atom stereocenters. The normalized spacial score (nSPS) is 14.1. The topological polar surface area (TPSA) is 69.6 Å². The molecule has 0 bridgehead atoms. The SMILES string of the molecule is CC1=C(c2ccc(NC(=O)c3c(F)cccc3F)cc2)CN(C)CC1.O=CO. The molecule has 0 saturated carbocycles. The van der Waals surface area contributed by atoms with E-state index in [1.165, 1.54) is 17.2 Å². The summed E-state index contributed by atoms with van der Waals surface area (Å²) < 4.78 is 27.4. The fourth-order valence-electron chi connectivity index (χ4n) is 2.99. The van der Waals surface area contributed by atoms with E-state index < -0.39 is 23.1 Å². The molecule has 0 aromatic heterocycles. The Bertz CT molecular complexity index is 859. The number of nitrogens with one attached hydrogen (secondary N) is 1. The highest BCUT2D eigenvalue weighted by atomic mass is 19.1. The van der Waals surface area contributed by atoms with E-state index in [0.29, 0.717) is 5.69 Å². The van der Waals surface area contributed by atoms with Gasteiger partial charge in [0.15, 0.2) is 0 Å². The molecule has 0 spiro atoms. The number of anilines is 1. The lowest BCUT2D eigenvalue weighted by Crippen LogP contribution is -2.26. The number of rotatable bonds is 3. The molecule has 0 aliphatic carbocycles. The van der Waals surface area contributed by atoms with Gasteiger partial charge in [0.1, 0.15) is 17.2 Å². The van der Waals surface area contributed by atoms with Crippen LogP contribution in [0.15, 0.2) is 48.0 Å². The third-order valence-electron chi connectivity index (χ3n) is 4.49. The second-order valence-electron chi connectivity index (χ2n) is 6.48. The first kappa shape index (κ1) is 21.2. The number of halogens is 2. The second kappa shape index (κ2) is 9.75. The molecule has 148 valence electrons. The molecule has 5 nitrogen and oxygen atoms in total. The molecule has 2 aromatic rings. The minimum absolute atomic E-state index is 0.250. The van der Waals surface area contributed by atoms with Gasteiger partial charge in [-0.05, 0) is 55.8 Å². The monoisotopic (exact) mass is 388 g/mol. The zero-order valence-corrected chi connectivity index (χ0v) is 15.7. The molecule has 0 saturated heterocycles. The Morgan fingerprint density at radius 3 is 2.29 bits per heavy atom. The predicted molar refractivity (Wildman–Crippen MR) is 104 cm³/mol. The third-order valence-corrected chi connectivity index (χ3v) is 4.49. The number of carboxylic acid groups (broad SMARTS) is 1. The van der Waals surface area contributed by atoms with E-state index in [4.69, 9.17) is 9.90 Å². The molecule has 1 amide bonds. The molecule has 28 heavy (non-hydrogen) atoms. The predicted octanol–water partition coefficient (Wildman–Crippen LogP) is 4.03. The summed E-state index contributed by atoms with van der Waals surface area (Å²) in [5.41, 5.74) is 3.67. The summed E-state index contributed by atoms with van der Waals surface area (Å²) in [7, 11) is 2.09. The van der Waals surface area contributed by atoms with Crippen LogP contribution in [0.3, 0.4) is 0 Å². The number of hydrogen-bond donors (Lipinski definition) is 2. The van der Waals surface area contributed by atoms with Gasteiger partial charge in [0.05, 0.1) is 0 Å². The summed E-state index contributed by atoms with van der Waals surface area (Å²) in [6.07, 6.45) is 1.04. The summed E-state index contributed by atoms with van der Waals surface area (Å²) in [5, 5.41) is 9.43. The van der Waals surface area contributed by atoms with Crippen molar-refractivity contribution in [1.29, 1.82) is 0 Å². The quantitative estimate of drug-likeness (QED) is 0.779. The van der Waals surface area contributed by atoms with Crippen LogP contribution in [0, 0.1) is 11.6 Å². The Hall–Kier alpha value is -3.06. The molecule has 7 heteroatoms. The number of carbonyl (C=O) groups excluding carboxylic acids is 1. The van der Waals surface area contributed by atoms with Crippen LogP contribution in [-0.4, -0.2) is 42.5 Å². The Morgan fingerprint density at radius 2 is 1.71 bits per heavy atom. The smallest absolute Gasteiger partial charge is 0.290 e. The van der Waals surface area contributed by atoms with Gasteiger partial charge in [-0.1, -0.05) is 23.8 Å². The summed E-state index contributed by atoms with van der Waals surface area (Å²) >= 11 is 0. The van der Waals surface area contributed by atoms with Crippen molar-refractivity contribution in [1.82, 2.24) is 4.90 Å². The molecule has 0 fully saturated rings. The highest BCUT2D eigenvalue weighted by molar-refractivity contribution is 6.04. The maximum atomic E-state index is 13.7. The number of benzene rings is 2. The minimum Gasteiger partial charge on any atom is -0.483 e. The summed E-state index contributed by atoms with van der Waals surface area (Å²) in [6.45, 7) is 3.83. The average Bonchev–Trinajstić information content (AvgIpc) is 2.65. The van der Waals surface area contributed by atoms with Gasteiger partial charge in [-0.3, -0.25) is 9.59 Å². The van der Waals surface area contributed by atoms with Crippen molar-refractivity contribution in [2.45, 2.75) is 13.3 Å². The number of hydrogen-bond acceptors (Lipinski definition) is 3. The molecule has 3 rings (SSSR count). The standard InChI is InChI=1S/C20H20F2N2O.CH2O2/c1-13-10-11-24(2)12-16(13)14-6-8-15(9-7-14)23-20(25)19-17(21)4-3-5-18(19)22;2-1-3/h3-9H,10-12H2,1-2H3,(H,23,25);1H,(H,2,3). The van der Waals surface area contributed by atoms with Gasteiger partial charge < -0.3 is 15.3 Å². The first-order valence-corrected chi connectivity index (χ1v) is 8.68. The zero-order chi connectivity index (χ0) is 20.7. The average molecular weight is 388 g/mol. The van der Waals surface area contributed by atoms with Gasteiger partial charge in [0.25, 0.3) is 12.4 Å². The largest absolute Gasteiger partial charge is 0.483 e. The lowest BCUT2D eigenvalue weighted by atomic mass is 9.95. The molecule has 1 aliphatic heterocycles. The van der Waals surface area contributed by atoms with E-state index in [9.17, 15) is 13.6 Å². The molecule has 0 atom stereocenters. The Labute approximate surface area is 162 Å². The van der Waals surface area contributed by atoms with Crippen LogP contribution in [0.5, 0.6) is 0 Å². The molecule has 2 N–H and O–H groups in total. The first-order valence-electron chi connectivity index (χ1n) is 8.68. The highest BCUT2D eigenvalue weighted by Gasteiger charge is 2.18. The molecule has 2 aromatic carbocycles. The Morgan fingerprint density at radius 1 is 1.14 bits per heavy atom. The maximum Gasteiger partial charge on any atom is 0.290 e. The lowest BCUT2D eigenvalue weighted by molar-refractivity contribution is -0.122. The Balaban J connectivity index is 0.000000878. The summed E-state index contributed by atoms with van der Waals surface area (Å²) in [5.74, 6) is -2.54. The van der Waals surface area contributed by atoms with E-state index in [1.807, 2.05) is 12.1 Å².